The Morgan fingerprint density at radius 1 is 0.783 bits per heavy atom. The van der Waals surface area contributed by atoms with Gasteiger partial charge in [0.05, 0.1) is 32.5 Å². The third-order valence-corrected chi connectivity index (χ3v) is 8.61. The fraction of sp³-hybridized carbons (Fsp3) is 0.188. The zero-order valence-electron chi connectivity index (χ0n) is 24.7. The lowest BCUT2D eigenvalue weighted by atomic mass is 10.1. The number of carbonyl (C=O) groups is 2. The van der Waals surface area contributed by atoms with Gasteiger partial charge in [0.1, 0.15) is 10.7 Å². The maximum Gasteiger partial charge on any atom is 0.416 e. The summed E-state index contributed by atoms with van der Waals surface area (Å²) in [7, 11) is -0.622. The summed E-state index contributed by atoms with van der Waals surface area (Å²) in [5.74, 6) is -2.00. The highest BCUT2D eigenvalue weighted by atomic mass is 32.2. The fourth-order valence-corrected chi connectivity index (χ4v) is 5.94. The second-order valence-corrected chi connectivity index (χ2v) is 11.7. The van der Waals surface area contributed by atoms with E-state index in [1.807, 2.05) is 0 Å². The molecule has 0 saturated heterocycles. The average Bonchev–Trinajstić information content (AvgIpc) is 3.04. The number of esters is 1. The minimum absolute atomic E-state index is 0.195. The zero-order chi connectivity index (χ0) is 33.6. The van der Waals surface area contributed by atoms with Gasteiger partial charge in [-0.2, -0.15) is 17.5 Å². The van der Waals surface area contributed by atoms with Gasteiger partial charge in [-0.15, -0.1) is 0 Å². The lowest BCUT2D eigenvalue weighted by Gasteiger charge is -2.24. The van der Waals surface area contributed by atoms with Crippen LogP contribution >= 0.6 is 0 Å². The third-order valence-electron chi connectivity index (χ3n) is 6.80. The molecule has 0 saturated carbocycles. The second kappa shape index (κ2) is 14.0. The van der Waals surface area contributed by atoms with Crippen LogP contribution in [0, 0.1) is 5.82 Å². The summed E-state index contributed by atoms with van der Waals surface area (Å²) in [5, 5.41) is 2.29. The zero-order valence-corrected chi connectivity index (χ0v) is 25.5. The van der Waals surface area contributed by atoms with Gasteiger partial charge in [-0.3, -0.25) is 4.79 Å². The molecule has 242 valence electrons. The van der Waals surface area contributed by atoms with Gasteiger partial charge in [0.25, 0.3) is 5.91 Å². The molecule has 0 bridgehead atoms. The van der Waals surface area contributed by atoms with Gasteiger partial charge in [-0.05, 0) is 71.8 Å². The molecule has 1 N–H and O–H groups in total. The normalized spacial score (nSPS) is 11.7. The summed E-state index contributed by atoms with van der Waals surface area (Å²) in [6.45, 7) is -0.556. The second-order valence-electron chi connectivity index (χ2n) is 9.83. The van der Waals surface area contributed by atoms with Crippen LogP contribution in [0.4, 0.5) is 23.2 Å². The molecule has 0 fully saturated rings. The topological polar surface area (TPSA) is 111 Å². The standard InChI is InChI=1S/C32H28F4N2O7S/c1-43-27-14-9-21(15-28(27)44-2)19-38(18-20-7-10-22(11-8-20)31(40)45-3)46(41,42)29-16-23(12-13-26(29)33)30(39)37-25-6-4-5-24(17-25)32(34,35)36/h4-17H,18-19H2,1-3H3,(H,37,39). The maximum absolute atomic E-state index is 15.2. The smallest absolute Gasteiger partial charge is 0.416 e. The minimum Gasteiger partial charge on any atom is -0.493 e. The van der Waals surface area contributed by atoms with E-state index >= 15 is 4.39 Å². The molecule has 0 spiro atoms. The number of nitrogens with one attached hydrogen (secondary N) is 1. The SMILES string of the molecule is COC(=O)c1ccc(CN(Cc2ccc(OC)c(OC)c2)S(=O)(=O)c2cc(C(=O)Nc3cccc(C(F)(F)F)c3)ccc2F)cc1. The van der Waals surface area contributed by atoms with E-state index in [2.05, 4.69) is 5.32 Å². The molecule has 0 aliphatic heterocycles. The summed E-state index contributed by atoms with van der Waals surface area (Å²) in [6.07, 6.45) is -4.66. The number of methoxy groups -OCH3 is 3. The van der Waals surface area contributed by atoms with E-state index in [1.165, 1.54) is 51.7 Å². The van der Waals surface area contributed by atoms with E-state index in [4.69, 9.17) is 14.2 Å². The number of carbonyl (C=O) groups excluding carboxylic acids is 2. The van der Waals surface area contributed by atoms with Crippen molar-refractivity contribution in [1.29, 1.82) is 0 Å². The number of ether oxygens (including phenoxy) is 3. The van der Waals surface area contributed by atoms with Gasteiger partial charge < -0.3 is 19.5 Å². The molecule has 0 atom stereocenters. The number of amides is 1. The van der Waals surface area contributed by atoms with E-state index in [0.717, 1.165) is 40.7 Å². The summed E-state index contributed by atoms with van der Waals surface area (Å²) in [6, 6.07) is 17.1. The number of anilines is 1. The predicted octanol–water partition coefficient (Wildman–Crippen LogP) is 6.29. The molecule has 4 aromatic rings. The summed E-state index contributed by atoms with van der Waals surface area (Å²) < 4.78 is 99.0. The first-order valence-electron chi connectivity index (χ1n) is 13.4. The van der Waals surface area contributed by atoms with Crippen molar-refractivity contribution in [3.05, 3.63) is 119 Å². The molecule has 0 heterocycles. The first-order chi connectivity index (χ1) is 21.8. The van der Waals surface area contributed by atoms with E-state index in [1.54, 1.807) is 18.2 Å². The van der Waals surface area contributed by atoms with Gasteiger partial charge in [0, 0.05) is 24.3 Å². The molecule has 0 unspecified atom stereocenters. The van der Waals surface area contributed by atoms with E-state index in [-0.39, 0.29) is 29.9 Å². The van der Waals surface area contributed by atoms with Crippen LogP contribution in [0.2, 0.25) is 0 Å². The van der Waals surface area contributed by atoms with Gasteiger partial charge in [-0.25, -0.2) is 17.6 Å². The Bertz CT molecular complexity index is 1850. The number of nitrogens with zero attached hydrogens (tertiary/aromatic N) is 1. The molecular weight excluding hydrogens is 632 g/mol. The third kappa shape index (κ3) is 7.82. The molecule has 9 nitrogen and oxygen atoms in total. The van der Waals surface area contributed by atoms with Crippen LogP contribution in [-0.4, -0.2) is 45.9 Å². The lowest BCUT2D eigenvalue weighted by Crippen LogP contribution is -2.31. The summed E-state index contributed by atoms with van der Waals surface area (Å²) in [4.78, 5) is 24.0. The predicted molar refractivity (Wildman–Crippen MR) is 160 cm³/mol. The Morgan fingerprint density at radius 2 is 1.41 bits per heavy atom. The highest BCUT2D eigenvalue weighted by molar-refractivity contribution is 7.89. The van der Waals surface area contributed by atoms with Crippen molar-refractivity contribution in [3.8, 4) is 11.5 Å². The maximum atomic E-state index is 15.2. The minimum atomic E-state index is -4.68. The van der Waals surface area contributed by atoms with Crippen LogP contribution in [-0.2, 0) is 34.0 Å². The molecule has 46 heavy (non-hydrogen) atoms. The Kier molecular flexibility index (Phi) is 10.3. The Labute approximate surface area is 262 Å². The van der Waals surface area contributed by atoms with Gasteiger partial charge in [0.2, 0.25) is 10.0 Å². The Hall–Kier alpha value is -4.95. The van der Waals surface area contributed by atoms with Crippen molar-refractivity contribution in [1.82, 2.24) is 4.31 Å². The number of alkyl halides is 3. The Balaban J connectivity index is 1.71. The van der Waals surface area contributed by atoms with Crippen LogP contribution in [0.15, 0.2) is 89.8 Å². The first kappa shape index (κ1) is 33.9. The number of hydrogen-bond acceptors (Lipinski definition) is 7. The number of halogens is 4. The monoisotopic (exact) mass is 660 g/mol. The number of sulfonamides is 1. The number of hydrogen-bond donors (Lipinski definition) is 1. The highest BCUT2D eigenvalue weighted by Gasteiger charge is 2.31. The first-order valence-corrected chi connectivity index (χ1v) is 14.9. The molecule has 14 heteroatoms. The van der Waals surface area contributed by atoms with E-state index in [9.17, 15) is 31.2 Å². The van der Waals surface area contributed by atoms with Crippen molar-refractivity contribution >= 4 is 27.6 Å². The van der Waals surface area contributed by atoms with Crippen molar-refractivity contribution < 1.29 is 49.8 Å². The fourth-order valence-electron chi connectivity index (χ4n) is 4.43. The molecule has 0 aliphatic rings. The Morgan fingerprint density at radius 3 is 2.04 bits per heavy atom. The van der Waals surface area contributed by atoms with Crippen LogP contribution in [0.25, 0.3) is 0 Å². The van der Waals surface area contributed by atoms with Gasteiger partial charge in [0.15, 0.2) is 11.5 Å². The molecule has 4 rings (SSSR count). The summed E-state index contributed by atoms with van der Waals surface area (Å²) >= 11 is 0. The lowest BCUT2D eigenvalue weighted by molar-refractivity contribution is -0.137. The average molecular weight is 661 g/mol. The van der Waals surface area contributed by atoms with Crippen LogP contribution in [0.3, 0.4) is 0 Å². The van der Waals surface area contributed by atoms with E-state index < -0.39 is 44.4 Å². The largest absolute Gasteiger partial charge is 0.493 e. The van der Waals surface area contributed by atoms with Crippen molar-refractivity contribution in [2.45, 2.75) is 24.2 Å². The molecule has 0 aliphatic carbocycles. The molecule has 0 aromatic heterocycles. The number of benzene rings is 4. The van der Waals surface area contributed by atoms with E-state index in [0.29, 0.717) is 22.6 Å². The molecular formula is C32H28F4N2O7S. The molecule has 0 radical (unpaired) electrons. The molecule has 1 amide bonds. The van der Waals surface area contributed by atoms with Crippen LogP contribution in [0.1, 0.15) is 37.4 Å². The van der Waals surface area contributed by atoms with Crippen molar-refractivity contribution in [3.63, 3.8) is 0 Å². The van der Waals surface area contributed by atoms with Crippen molar-refractivity contribution in [2.24, 2.45) is 0 Å². The number of rotatable bonds is 11. The van der Waals surface area contributed by atoms with Crippen LogP contribution < -0.4 is 14.8 Å². The highest BCUT2D eigenvalue weighted by Crippen LogP contribution is 2.32. The summed E-state index contributed by atoms with van der Waals surface area (Å²) in [5.41, 5.74) is -0.393. The van der Waals surface area contributed by atoms with Gasteiger partial charge in [-0.1, -0.05) is 24.3 Å². The molecule has 4 aromatic carbocycles. The van der Waals surface area contributed by atoms with Crippen LogP contribution in [0.5, 0.6) is 11.5 Å². The quantitative estimate of drug-likeness (QED) is 0.149. The van der Waals surface area contributed by atoms with Crippen molar-refractivity contribution in [2.75, 3.05) is 26.6 Å². The van der Waals surface area contributed by atoms with Gasteiger partial charge >= 0.3 is 12.1 Å².